The molecule has 3 heteroatoms. The van der Waals surface area contributed by atoms with Crippen molar-refractivity contribution in [1.29, 1.82) is 0 Å². The number of carboxylic acid groups (broad SMARTS) is 1. The van der Waals surface area contributed by atoms with Crippen LogP contribution in [0, 0.1) is 0 Å². The van der Waals surface area contributed by atoms with Crippen molar-refractivity contribution in [2.24, 2.45) is 0 Å². The molecule has 0 aliphatic heterocycles. The number of carboxylic acids is 1. The van der Waals surface area contributed by atoms with Crippen LogP contribution in [0.25, 0.3) is 11.1 Å². The predicted octanol–water partition coefficient (Wildman–Crippen LogP) is 8.18. The zero-order valence-corrected chi connectivity index (χ0v) is 22.5. The third-order valence-electron chi connectivity index (χ3n) is 6.50. The SMILES string of the molecule is CC(C)(C)c1cc(-c2ccc(C(C)(C)C)cc2C(=O)c2ccc(C(=O)O)cc2)cc(C(C)(C)C)c1. The number of carbonyl (C=O) groups excluding carboxylic acids is 1. The van der Waals surface area contributed by atoms with E-state index in [0.717, 1.165) is 16.7 Å². The van der Waals surface area contributed by atoms with Crippen LogP contribution in [0.3, 0.4) is 0 Å². The van der Waals surface area contributed by atoms with Gasteiger partial charge in [0.1, 0.15) is 0 Å². The first kappa shape index (κ1) is 26.4. The van der Waals surface area contributed by atoms with Gasteiger partial charge in [0.05, 0.1) is 5.56 Å². The van der Waals surface area contributed by atoms with Gasteiger partial charge in [0.25, 0.3) is 0 Å². The minimum Gasteiger partial charge on any atom is -0.478 e. The quantitative estimate of drug-likeness (QED) is 0.391. The first-order valence-electron chi connectivity index (χ1n) is 12.2. The summed E-state index contributed by atoms with van der Waals surface area (Å²) in [4.78, 5) is 25.1. The van der Waals surface area contributed by atoms with Crippen molar-refractivity contribution in [3.05, 3.63) is 94.0 Å². The summed E-state index contributed by atoms with van der Waals surface area (Å²) in [6, 6.07) is 19.0. The van der Waals surface area contributed by atoms with Gasteiger partial charge >= 0.3 is 5.97 Å². The summed E-state index contributed by atoms with van der Waals surface area (Å²) >= 11 is 0. The van der Waals surface area contributed by atoms with Gasteiger partial charge in [-0.25, -0.2) is 4.79 Å². The molecule has 0 atom stereocenters. The van der Waals surface area contributed by atoms with E-state index in [4.69, 9.17) is 0 Å². The lowest BCUT2D eigenvalue weighted by molar-refractivity contribution is 0.0696. The lowest BCUT2D eigenvalue weighted by atomic mass is 9.77. The molecule has 35 heavy (non-hydrogen) atoms. The van der Waals surface area contributed by atoms with Crippen LogP contribution in [-0.4, -0.2) is 16.9 Å². The molecule has 3 aromatic carbocycles. The Morgan fingerprint density at radius 3 is 1.46 bits per heavy atom. The van der Waals surface area contributed by atoms with Crippen molar-refractivity contribution in [2.75, 3.05) is 0 Å². The molecule has 3 rings (SSSR count). The average Bonchev–Trinajstić information content (AvgIpc) is 2.76. The third kappa shape index (κ3) is 5.90. The maximum absolute atomic E-state index is 13.8. The summed E-state index contributed by atoms with van der Waals surface area (Å²) < 4.78 is 0. The maximum atomic E-state index is 13.8. The van der Waals surface area contributed by atoms with Crippen LogP contribution >= 0.6 is 0 Å². The molecule has 0 saturated heterocycles. The fraction of sp³-hybridized carbons (Fsp3) is 0.375. The summed E-state index contributed by atoms with van der Waals surface area (Å²) in [5.41, 5.74) is 6.51. The van der Waals surface area contributed by atoms with E-state index < -0.39 is 5.97 Å². The highest BCUT2D eigenvalue weighted by Crippen LogP contribution is 2.37. The smallest absolute Gasteiger partial charge is 0.335 e. The number of hydrogen-bond acceptors (Lipinski definition) is 2. The normalized spacial score (nSPS) is 12.5. The Morgan fingerprint density at radius 2 is 1.03 bits per heavy atom. The number of hydrogen-bond donors (Lipinski definition) is 1. The molecular weight excluding hydrogens is 432 g/mol. The minimum absolute atomic E-state index is 0.0435. The summed E-state index contributed by atoms with van der Waals surface area (Å²) in [5.74, 6) is -1.12. The van der Waals surface area contributed by atoms with Crippen LogP contribution in [0.15, 0.2) is 60.7 Å². The Bertz CT molecular complexity index is 1230. The van der Waals surface area contributed by atoms with E-state index in [1.165, 1.54) is 23.3 Å². The molecule has 0 fully saturated rings. The fourth-order valence-corrected chi connectivity index (χ4v) is 4.02. The maximum Gasteiger partial charge on any atom is 0.335 e. The van der Waals surface area contributed by atoms with Crippen LogP contribution in [-0.2, 0) is 16.2 Å². The van der Waals surface area contributed by atoms with Crippen LogP contribution in [0.4, 0.5) is 0 Å². The van der Waals surface area contributed by atoms with Gasteiger partial charge in [-0.05, 0) is 62.3 Å². The van der Waals surface area contributed by atoms with Gasteiger partial charge in [-0.2, -0.15) is 0 Å². The summed E-state index contributed by atoms with van der Waals surface area (Å²) in [6.45, 7) is 19.6. The highest BCUT2D eigenvalue weighted by Gasteiger charge is 2.24. The van der Waals surface area contributed by atoms with Crippen molar-refractivity contribution >= 4 is 11.8 Å². The van der Waals surface area contributed by atoms with Crippen LogP contribution in [0.5, 0.6) is 0 Å². The van der Waals surface area contributed by atoms with E-state index in [9.17, 15) is 14.7 Å². The van der Waals surface area contributed by atoms with Gasteiger partial charge in [0.2, 0.25) is 0 Å². The van der Waals surface area contributed by atoms with Gasteiger partial charge < -0.3 is 5.11 Å². The molecule has 0 aliphatic rings. The summed E-state index contributed by atoms with van der Waals surface area (Å²) in [7, 11) is 0. The molecule has 0 aliphatic carbocycles. The van der Waals surface area contributed by atoms with Crippen LogP contribution in [0.2, 0.25) is 0 Å². The lowest BCUT2D eigenvalue weighted by Crippen LogP contribution is -2.17. The molecule has 0 heterocycles. The van der Waals surface area contributed by atoms with Crippen molar-refractivity contribution in [3.8, 4) is 11.1 Å². The number of carbonyl (C=O) groups is 2. The Kier molecular flexibility index (Phi) is 6.87. The third-order valence-corrected chi connectivity index (χ3v) is 6.50. The molecular formula is C32H38O3. The van der Waals surface area contributed by atoms with E-state index >= 15 is 0 Å². The monoisotopic (exact) mass is 470 g/mol. The second kappa shape index (κ2) is 9.11. The second-order valence-electron chi connectivity index (χ2n) is 12.5. The van der Waals surface area contributed by atoms with E-state index in [0.29, 0.717) is 11.1 Å². The number of aromatic carboxylic acids is 1. The Labute approximate surface area is 210 Å². The van der Waals surface area contributed by atoms with Crippen LogP contribution in [0.1, 0.15) is 105 Å². The van der Waals surface area contributed by atoms with E-state index in [2.05, 4.69) is 92.6 Å². The zero-order chi connectivity index (χ0) is 26.3. The number of benzene rings is 3. The molecule has 0 aromatic heterocycles. The molecule has 184 valence electrons. The topological polar surface area (TPSA) is 54.4 Å². The second-order valence-corrected chi connectivity index (χ2v) is 12.5. The summed E-state index contributed by atoms with van der Waals surface area (Å²) in [5, 5.41) is 9.25. The molecule has 3 aromatic rings. The van der Waals surface area contributed by atoms with Crippen molar-refractivity contribution < 1.29 is 14.7 Å². The Balaban J connectivity index is 2.28. The first-order chi connectivity index (χ1) is 16.0. The predicted molar refractivity (Wildman–Crippen MR) is 145 cm³/mol. The highest BCUT2D eigenvalue weighted by molar-refractivity contribution is 6.13. The van der Waals surface area contributed by atoms with E-state index in [1.54, 1.807) is 12.1 Å². The Hall–Kier alpha value is -3.20. The molecule has 3 nitrogen and oxygen atoms in total. The molecule has 0 unspecified atom stereocenters. The van der Waals surface area contributed by atoms with Crippen molar-refractivity contribution in [3.63, 3.8) is 0 Å². The zero-order valence-electron chi connectivity index (χ0n) is 22.5. The average molecular weight is 471 g/mol. The molecule has 0 saturated carbocycles. The molecule has 0 bridgehead atoms. The molecule has 0 amide bonds. The first-order valence-corrected chi connectivity index (χ1v) is 12.2. The highest BCUT2D eigenvalue weighted by atomic mass is 16.4. The van der Waals surface area contributed by atoms with Gasteiger partial charge in [0, 0.05) is 11.1 Å². The van der Waals surface area contributed by atoms with Crippen molar-refractivity contribution in [1.82, 2.24) is 0 Å². The lowest BCUT2D eigenvalue weighted by Gasteiger charge is -2.27. The Morgan fingerprint density at radius 1 is 0.571 bits per heavy atom. The fourth-order valence-electron chi connectivity index (χ4n) is 4.02. The van der Waals surface area contributed by atoms with Crippen LogP contribution < -0.4 is 0 Å². The van der Waals surface area contributed by atoms with Gasteiger partial charge in [-0.1, -0.05) is 105 Å². The summed E-state index contributed by atoms with van der Waals surface area (Å²) in [6.07, 6.45) is 0. The number of ketones is 1. The van der Waals surface area contributed by atoms with Gasteiger partial charge in [0.15, 0.2) is 5.78 Å². The molecule has 1 N–H and O–H groups in total. The molecule has 0 spiro atoms. The standard InChI is InChI=1S/C32H38O3/c1-30(2,3)23-14-15-26(22-16-24(31(4,5)6)18-25(17-22)32(7,8)9)27(19-23)28(33)20-10-12-21(13-11-20)29(34)35/h10-19H,1-9H3,(H,34,35). The van der Waals surface area contributed by atoms with E-state index in [-0.39, 0.29) is 27.6 Å². The molecule has 0 radical (unpaired) electrons. The largest absolute Gasteiger partial charge is 0.478 e. The van der Waals surface area contributed by atoms with Gasteiger partial charge in [-0.15, -0.1) is 0 Å². The minimum atomic E-state index is -1.01. The van der Waals surface area contributed by atoms with Gasteiger partial charge in [-0.3, -0.25) is 4.79 Å². The number of rotatable bonds is 4. The van der Waals surface area contributed by atoms with Crippen molar-refractivity contribution in [2.45, 2.75) is 78.6 Å². The van der Waals surface area contributed by atoms with E-state index in [1.807, 2.05) is 6.07 Å².